The molecule has 0 N–H and O–H groups in total. The Morgan fingerprint density at radius 1 is 1.47 bits per heavy atom. The molecule has 2 heterocycles. The molecule has 2 rings (SSSR count). The van der Waals surface area contributed by atoms with E-state index >= 15 is 0 Å². The standard InChI is InChI=1S/C13H13BN2O/c1-5-8-7-15-12-10(16-8)9(6-14-12)11(17)13(2,3)4/h1,6-7,14H,2-4H3. The van der Waals surface area contributed by atoms with Crippen LogP contribution < -0.4 is 5.59 Å². The third kappa shape index (κ3) is 2.01. The van der Waals surface area contributed by atoms with Gasteiger partial charge in [-0.1, -0.05) is 26.7 Å². The lowest BCUT2D eigenvalue weighted by atomic mass is 9.77. The SMILES string of the molecule is C#Cc1cnc2c(n1)C(C(=O)C(C)(C)C)=CB2. The Morgan fingerprint density at radius 3 is 2.76 bits per heavy atom. The van der Waals surface area contributed by atoms with Gasteiger partial charge in [-0.2, -0.15) is 0 Å². The first-order chi connectivity index (χ1) is 7.93. The molecule has 1 aromatic heterocycles. The van der Waals surface area contributed by atoms with Crippen LogP contribution in [-0.4, -0.2) is 23.0 Å². The number of Topliss-reactive ketones (excluding diaryl/α,β-unsaturated/α-hetero) is 1. The zero-order chi connectivity index (χ0) is 12.6. The van der Waals surface area contributed by atoms with E-state index in [1.807, 2.05) is 26.7 Å². The molecule has 1 aromatic rings. The van der Waals surface area contributed by atoms with E-state index in [1.165, 1.54) is 0 Å². The van der Waals surface area contributed by atoms with E-state index in [9.17, 15) is 4.79 Å². The van der Waals surface area contributed by atoms with Crippen molar-refractivity contribution in [3.63, 3.8) is 0 Å². The molecule has 4 heteroatoms. The van der Waals surface area contributed by atoms with Gasteiger partial charge in [0.2, 0.25) is 7.28 Å². The van der Waals surface area contributed by atoms with E-state index in [0.717, 1.165) is 5.59 Å². The van der Waals surface area contributed by atoms with E-state index < -0.39 is 5.41 Å². The Labute approximate surface area is 102 Å². The lowest BCUT2D eigenvalue weighted by Gasteiger charge is -2.17. The van der Waals surface area contributed by atoms with Gasteiger partial charge in [0.25, 0.3) is 0 Å². The second kappa shape index (κ2) is 3.85. The van der Waals surface area contributed by atoms with Crippen LogP contribution in [0.3, 0.4) is 0 Å². The predicted octanol–water partition coefficient (Wildman–Crippen LogP) is 0.489. The molecule has 0 unspecified atom stereocenters. The Kier molecular flexibility index (Phi) is 2.63. The highest BCUT2D eigenvalue weighted by atomic mass is 16.1. The molecular formula is C13H13BN2O. The monoisotopic (exact) mass is 224 g/mol. The first kappa shape index (κ1) is 11.6. The minimum atomic E-state index is -0.415. The van der Waals surface area contributed by atoms with Gasteiger partial charge in [-0.15, -0.1) is 6.42 Å². The van der Waals surface area contributed by atoms with Crippen molar-refractivity contribution in [2.75, 3.05) is 0 Å². The van der Waals surface area contributed by atoms with Gasteiger partial charge in [0.05, 0.1) is 11.9 Å². The van der Waals surface area contributed by atoms with Crippen LogP contribution in [0.2, 0.25) is 0 Å². The topological polar surface area (TPSA) is 42.9 Å². The van der Waals surface area contributed by atoms with Crippen LogP contribution >= 0.6 is 0 Å². The predicted molar refractivity (Wildman–Crippen MR) is 69.2 cm³/mol. The fourth-order valence-electron chi connectivity index (χ4n) is 1.75. The molecule has 1 aliphatic rings. The second-order valence-electron chi connectivity index (χ2n) is 5.10. The number of terminal acetylenes is 1. The smallest absolute Gasteiger partial charge is 0.211 e. The number of rotatable bonds is 1. The van der Waals surface area contributed by atoms with Gasteiger partial charge >= 0.3 is 0 Å². The molecule has 0 radical (unpaired) electrons. The number of hydrogen-bond donors (Lipinski definition) is 0. The molecule has 0 fully saturated rings. The summed E-state index contributed by atoms with van der Waals surface area (Å²) in [5.74, 6) is 4.41. The van der Waals surface area contributed by atoms with Crippen molar-refractivity contribution in [3.05, 3.63) is 23.6 Å². The Morgan fingerprint density at radius 2 is 2.18 bits per heavy atom. The Hall–Kier alpha value is -1.89. The summed E-state index contributed by atoms with van der Waals surface area (Å²) in [7, 11) is 0.657. The number of allylic oxidation sites excluding steroid dienone is 1. The molecular weight excluding hydrogens is 211 g/mol. The number of carbonyl (C=O) groups is 1. The zero-order valence-corrected chi connectivity index (χ0v) is 10.2. The van der Waals surface area contributed by atoms with Crippen molar-refractivity contribution in [1.29, 1.82) is 0 Å². The van der Waals surface area contributed by atoms with E-state index in [1.54, 1.807) is 6.20 Å². The van der Waals surface area contributed by atoms with Crippen molar-refractivity contribution in [1.82, 2.24) is 9.97 Å². The molecule has 0 aliphatic carbocycles. The van der Waals surface area contributed by atoms with Crippen LogP contribution in [0.25, 0.3) is 5.57 Å². The van der Waals surface area contributed by atoms with Crippen molar-refractivity contribution in [2.45, 2.75) is 20.8 Å². The highest BCUT2D eigenvalue weighted by Gasteiger charge is 2.31. The van der Waals surface area contributed by atoms with Gasteiger partial charge in [0.1, 0.15) is 5.69 Å². The first-order valence-corrected chi connectivity index (χ1v) is 5.51. The summed E-state index contributed by atoms with van der Waals surface area (Å²) in [6.07, 6.45) is 6.86. The van der Waals surface area contributed by atoms with E-state index in [2.05, 4.69) is 15.9 Å². The van der Waals surface area contributed by atoms with Gasteiger partial charge in [-0.25, -0.2) is 4.98 Å². The summed E-state index contributed by atoms with van der Waals surface area (Å²) in [4.78, 5) is 20.8. The highest BCUT2D eigenvalue weighted by molar-refractivity contribution is 6.65. The highest BCUT2D eigenvalue weighted by Crippen LogP contribution is 2.26. The first-order valence-electron chi connectivity index (χ1n) is 5.51. The van der Waals surface area contributed by atoms with Crippen LogP contribution in [0.1, 0.15) is 32.2 Å². The summed E-state index contributed by atoms with van der Waals surface area (Å²) >= 11 is 0. The van der Waals surface area contributed by atoms with E-state index in [0.29, 0.717) is 24.2 Å². The average molecular weight is 224 g/mol. The molecule has 0 atom stereocenters. The van der Waals surface area contributed by atoms with Gasteiger partial charge < -0.3 is 0 Å². The summed E-state index contributed by atoms with van der Waals surface area (Å²) in [6, 6.07) is 0. The number of nitrogens with zero attached hydrogens (tertiary/aromatic N) is 2. The number of fused-ring (bicyclic) bond motifs is 1. The second-order valence-corrected chi connectivity index (χ2v) is 5.10. The van der Waals surface area contributed by atoms with Crippen molar-refractivity contribution in [2.24, 2.45) is 5.41 Å². The summed E-state index contributed by atoms with van der Waals surface area (Å²) in [5.41, 5.74) is 2.19. The van der Waals surface area contributed by atoms with Gasteiger partial charge in [-0.3, -0.25) is 9.78 Å². The maximum absolute atomic E-state index is 12.2. The van der Waals surface area contributed by atoms with Gasteiger partial charge in [-0.05, 0) is 5.92 Å². The number of carbonyl (C=O) groups excluding carboxylic acids is 1. The molecule has 0 bridgehead atoms. The summed E-state index contributed by atoms with van der Waals surface area (Å²) in [6.45, 7) is 5.69. The number of aromatic nitrogens is 2. The lowest BCUT2D eigenvalue weighted by molar-refractivity contribution is -0.120. The number of hydrogen-bond acceptors (Lipinski definition) is 3. The third-order valence-corrected chi connectivity index (χ3v) is 2.68. The zero-order valence-electron chi connectivity index (χ0n) is 10.2. The van der Waals surface area contributed by atoms with Crippen LogP contribution in [0.4, 0.5) is 0 Å². The summed E-state index contributed by atoms with van der Waals surface area (Å²) in [5, 5.41) is 0. The molecule has 0 saturated carbocycles. The van der Waals surface area contributed by atoms with Crippen LogP contribution in [-0.2, 0) is 4.79 Å². The van der Waals surface area contributed by atoms with Crippen LogP contribution in [0.5, 0.6) is 0 Å². The number of ketones is 1. The van der Waals surface area contributed by atoms with Crippen molar-refractivity contribution in [3.8, 4) is 12.3 Å². The molecule has 84 valence electrons. The molecule has 17 heavy (non-hydrogen) atoms. The van der Waals surface area contributed by atoms with Crippen LogP contribution in [0, 0.1) is 17.8 Å². The Balaban J connectivity index is 2.46. The minimum absolute atomic E-state index is 0.0831. The normalized spacial score (nSPS) is 13.4. The molecule has 1 aliphatic heterocycles. The maximum atomic E-state index is 12.2. The third-order valence-electron chi connectivity index (χ3n) is 2.68. The van der Waals surface area contributed by atoms with Gasteiger partial charge in [0, 0.05) is 16.6 Å². The molecule has 0 saturated heterocycles. The van der Waals surface area contributed by atoms with Crippen LogP contribution in [0.15, 0.2) is 12.2 Å². The average Bonchev–Trinajstić information content (AvgIpc) is 2.69. The lowest BCUT2D eigenvalue weighted by Crippen LogP contribution is -2.24. The molecule has 0 spiro atoms. The summed E-state index contributed by atoms with van der Waals surface area (Å²) < 4.78 is 0. The van der Waals surface area contributed by atoms with E-state index in [-0.39, 0.29) is 5.78 Å². The largest absolute Gasteiger partial charge is 0.294 e. The molecule has 3 nitrogen and oxygen atoms in total. The quantitative estimate of drug-likeness (QED) is 0.515. The molecule has 0 aromatic carbocycles. The fraction of sp³-hybridized carbons (Fsp3) is 0.308. The van der Waals surface area contributed by atoms with Gasteiger partial charge in [0.15, 0.2) is 5.78 Å². The fourth-order valence-corrected chi connectivity index (χ4v) is 1.75. The maximum Gasteiger partial charge on any atom is 0.211 e. The van der Waals surface area contributed by atoms with Crippen molar-refractivity contribution >= 4 is 24.2 Å². The molecule has 0 amide bonds. The Bertz CT molecular complexity index is 562. The van der Waals surface area contributed by atoms with E-state index in [4.69, 9.17) is 6.42 Å². The minimum Gasteiger partial charge on any atom is -0.294 e. The van der Waals surface area contributed by atoms with Crippen molar-refractivity contribution < 1.29 is 4.79 Å².